The van der Waals surface area contributed by atoms with Crippen LogP contribution in [0.2, 0.25) is 10.0 Å². The molecule has 0 bridgehead atoms. The van der Waals surface area contributed by atoms with Gasteiger partial charge in [0.1, 0.15) is 6.42 Å². The maximum Gasteiger partial charge on any atom is 0.317 e. The van der Waals surface area contributed by atoms with Crippen molar-refractivity contribution in [3.8, 4) is 11.8 Å². The summed E-state index contributed by atoms with van der Waals surface area (Å²) >= 11 is 11.6. The summed E-state index contributed by atoms with van der Waals surface area (Å²) in [7, 11) is 1.31. The van der Waals surface area contributed by atoms with Gasteiger partial charge >= 0.3 is 5.97 Å². The largest absolute Gasteiger partial charge is 0.468 e. The lowest BCUT2D eigenvalue weighted by molar-refractivity contribution is -0.139. The second-order valence-electron chi connectivity index (χ2n) is 2.91. The fourth-order valence-corrected chi connectivity index (χ4v) is 1.43. The van der Waals surface area contributed by atoms with Crippen LogP contribution in [0, 0.1) is 11.8 Å². The fraction of sp³-hybridized carbons (Fsp3) is 0.182. The van der Waals surface area contributed by atoms with Crippen LogP contribution in [0.4, 0.5) is 5.69 Å². The number of nitrogens with two attached hydrogens (primary N) is 1. The van der Waals surface area contributed by atoms with Crippen molar-refractivity contribution in [3.63, 3.8) is 0 Å². The van der Waals surface area contributed by atoms with Crippen LogP contribution in [0.3, 0.4) is 0 Å². The van der Waals surface area contributed by atoms with Gasteiger partial charge in [-0.25, -0.2) is 0 Å². The number of rotatable bonds is 1. The van der Waals surface area contributed by atoms with Gasteiger partial charge < -0.3 is 10.5 Å². The van der Waals surface area contributed by atoms with Gasteiger partial charge in [0, 0.05) is 5.56 Å². The van der Waals surface area contributed by atoms with Gasteiger partial charge in [-0.2, -0.15) is 0 Å². The molecule has 1 rings (SSSR count). The van der Waals surface area contributed by atoms with E-state index < -0.39 is 0 Å². The van der Waals surface area contributed by atoms with Crippen LogP contribution in [0.5, 0.6) is 0 Å². The van der Waals surface area contributed by atoms with Crippen LogP contribution in [0.25, 0.3) is 0 Å². The van der Waals surface area contributed by atoms with Crippen molar-refractivity contribution in [2.45, 2.75) is 6.42 Å². The predicted molar refractivity (Wildman–Crippen MR) is 64.4 cm³/mol. The number of hydrogen-bond donors (Lipinski definition) is 1. The van der Waals surface area contributed by atoms with Crippen LogP contribution in [0.1, 0.15) is 12.0 Å². The van der Waals surface area contributed by atoms with Crippen LogP contribution in [0.15, 0.2) is 12.1 Å². The molecule has 0 amide bonds. The van der Waals surface area contributed by atoms with Gasteiger partial charge in [0.25, 0.3) is 0 Å². The highest BCUT2D eigenvalue weighted by molar-refractivity contribution is 6.39. The number of carbonyl (C=O) groups excluding carboxylic acids is 1. The van der Waals surface area contributed by atoms with E-state index in [4.69, 9.17) is 28.9 Å². The molecule has 0 unspecified atom stereocenters. The Balaban J connectivity index is 2.86. The third kappa shape index (κ3) is 3.34. The molecular weight excluding hydrogens is 249 g/mol. The summed E-state index contributed by atoms with van der Waals surface area (Å²) in [5, 5.41) is 0.685. The van der Waals surface area contributed by atoms with Crippen molar-refractivity contribution in [3.05, 3.63) is 27.7 Å². The molecule has 1 aromatic rings. The molecule has 1 aromatic carbocycles. The molecular formula is C11H9Cl2NO2. The molecule has 0 saturated carbocycles. The van der Waals surface area contributed by atoms with Crippen LogP contribution >= 0.6 is 23.2 Å². The minimum atomic E-state index is -0.389. The third-order valence-electron chi connectivity index (χ3n) is 1.77. The summed E-state index contributed by atoms with van der Waals surface area (Å²) in [6.07, 6.45) is 0.0239. The molecule has 0 heterocycles. The van der Waals surface area contributed by atoms with Gasteiger partial charge in [-0.05, 0) is 12.1 Å². The van der Waals surface area contributed by atoms with Crippen molar-refractivity contribution in [1.29, 1.82) is 0 Å². The second-order valence-corrected chi connectivity index (χ2v) is 3.72. The third-order valence-corrected chi connectivity index (χ3v) is 2.40. The van der Waals surface area contributed by atoms with E-state index >= 15 is 0 Å². The fourth-order valence-electron chi connectivity index (χ4n) is 0.947. The molecule has 3 nitrogen and oxygen atoms in total. The Morgan fingerprint density at radius 3 is 2.50 bits per heavy atom. The lowest BCUT2D eigenvalue weighted by atomic mass is 10.2. The number of methoxy groups -OCH3 is 1. The number of esters is 1. The molecule has 84 valence electrons. The highest BCUT2D eigenvalue weighted by atomic mass is 35.5. The van der Waals surface area contributed by atoms with E-state index in [1.807, 2.05) is 0 Å². The zero-order valence-corrected chi connectivity index (χ0v) is 10.0. The first-order chi connectivity index (χ1) is 7.54. The Labute approximate surface area is 103 Å². The standard InChI is InChI=1S/C11H9Cl2NO2/c1-16-10(15)4-2-3-7-5-8(12)11(14)9(13)6-7/h5-6H,4,14H2,1H3. The van der Waals surface area contributed by atoms with Gasteiger partial charge in [0.2, 0.25) is 0 Å². The molecule has 16 heavy (non-hydrogen) atoms. The molecule has 0 spiro atoms. The minimum absolute atomic E-state index is 0.0239. The van der Waals surface area contributed by atoms with Gasteiger partial charge in [0.05, 0.1) is 22.8 Å². The molecule has 5 heteroatoms. The predicted octanol–water partition coefficient (Wildman–Crippen LogP) is 2.49. The number of anilines is 1. The van der Waals surface area contributed by atoms with Crippen molar-refractivity contribution in [1.82, 2.24) is 0 Å². The first-order valence-electron chi connectivity index (χ1n) is 4.34. The Morgan fingerprint density at radius 2 is 2.00 bits per heavy atom. The number of ether oxygens (including phenoxy) is 1. The highest BCUT2D eigenvalue weighted by Crippen LogP contribution is 2.28. The summed E-state index contributed by atoms with van der Waals surface area (Å²) in [6.45, 7) is 0. The van der Waals surface area contributed by atoms with Crippen LogP contribution in [-0.4, -0.2) is 13.1 Å². The molecule has 0 fully saturated rings. The number of hydrogen-bond acceptors (Lipinski definition) is 3. The quantitative estimate of drug-likeness (QED) is 0.478. The Morgan fingerprint density at radius 1 is 1.44 bits per heavy atom. The van der Waals surface area contributed by atoms with Crippen molar-refractivity contribution < 1.29 is 9.53 Å². The van der Waals surface area contributed by atoms with E-state index in [-0.39, 0.29) is 12.4 Å². The molecule has 0 aliphatic rings. The van der Waals surface area contributed by atoms with E-state index in [0.717, 1.165) is 0 Å². The zero-order chi connectivity index (χ0) is 12.1. The van der Waals surface area contributed by atoms with Crippen molar-refractivity contribution in [2.75, 3.05) is 12.8 Å². The summed E-state index contributed by atoms with van der Waals surface area (Å²) in [6, 6.07) is 3.18. The van der Waals surface area contributed by atoms with Gasteiger partial charge in [-0.1, -0.05) is 35.0 Å². The number of carbonyl (C=O) groups is 1. The average molecular weight is 258 g/mol. The van der Waals surface area contributed by atoms with E-state index in [9.17, 15) is 4.79 Å². The second kappa shape index (κ2) is 5.64. The van der Waals surface area contributed by atoms with E-state index in [1.165, 1.54) is 7.11 Å². The molecule has 0 radical (unpaired) electrons. The maximum atomic E-state index is 10.8. The molecule has 0 aromatic heterocycles. The first-order valence-corrected chi connectivity index (χ1v) is 5.10. The number of halogens is 2. The van der Waals surface area contributed by atoms with Gasteiger partial charge in [-0.3, -0.25) is 4.79 Å². The van der Waals surface area contributed by atoms with E-state index in [1.54, 1.807) is 12.1 Å². The summed E-state index contributed by atoms with van der Waals surface area (Å²) < 4.78 is 4.44. The molecule has 0 aliphatic carbocycles. The molecule has 0 atom stereocenters. The zero-order valence-electron chi connectivity index (χ0n) is 8.51. The topological polar surface area (TPSA) is 52.3 Å². The molecule has 0 saturated heterocycles. The lowest BCUT2D eigenvalue weighted by Gasteiger charge is -2.01. The first kappa shape index (κ1) is 12.7. The average Bonchev–Trinajstić information content (AvgIpc) is 2.25. The lowest BCUT2D eigenvalue weighted by Crippen LogP contribution is -1.97. The van der Waals surface area contributed by atoms with Gasteiger partial charge in [0.15, 0.2) is 0 Å². The van der Waals surface area contributed by atoms with E-state index in [2.05, 4.69) is 16.6 Å². The SMILES string of the molecule is COC(=O)CC#Cc1cc(Cl)c(N)c(Cl)c1. The number of benzene rings is 1. The minimum Gasteiger partial charge on any atom is -0.468 e. The molecule has 0 aliphatic heterocycles. The Bertz CT molecular complexity index is 452. The van der Waals surface area contributed by atoms with Crippen molar-refractivity contribution >= 4 is 34.9 Å². The molecule has 2 N–H and O–H groups in total. The number of nitrogen functional groups attached to an aromatic ring is 1. The maximum absolute atomic E-state index is 10.8. The Kier molecular flexibility index (Phi) is 4.48. The normalized spacial score (nSPS) is 9.19. The van der Waals surface area contributed by atoms with Crippen LogP contribution < -0.4 is 5.73 Å². The van der Waals surface area contributed by atoms with Crippen LogP contribution in [-0.2, 0) is 9.53 Å². The monoisotopic (exact) mass is 257 g/mol. The summed E-state index contributed by atoms with van der Waals surface area (Å²) in [5.74, 6) is 5.00. The smallest absolute Gasteiger partial charge is 0.317 e. The summed E-state index contributed by atoms with van der Waals surface area (Å²) in [4.78, 5) is 10.8. The van der Waals surface area contributed by atoms with E-state index in [0.29, 0.717) is 21.3 Å². The highest BCUT2D eigenvalue weighted by Gasteiger charge is 2.03. The summed E-state index contributed by atoms with van der Waals surface area (Å²) in [5.41, 5.74) is 6.49. The van der Waals surface area contributed by atoms with Crippen molar-refractivity contribution in [2.24, 2.45) is 0 Å². The Hall–Kier alpha value is -1.37. The van der Waals surface area contributed by atoms with Gasteiger partial charge in [-0.15, -0.1) is 0 Å².